The van der Waals surface area contributed by atoms with Crippen LogP contribution in [0, 0.1) is 5.92 Å². The van der Waals surface area contributed by atoms with E-state index in [-0.39, 0.29) is 6.04 Å². The van der Waals surface area contributed by atoms with E-state index >= 15 is 0 Å². The lowest BCUT2D eigenvalue weighted by Crippen LogP contribution is -2.17. The van der Waals surface area contributed by atoms with Crippen LogP contribution >= 0.6 is 11.6 Å². The van der Waals surface area contributed by atoms with Crippen LogP contribution in [0.25, 0.3) is 0 Å². The van der Waals surface area contributed by atoms with Crippen LogP contribution in [0.4, 0.5) is 0 Å². The standard InChI is InChI=1S/C18H22ClN/c1-13(2)11-14-7-9-15(10-8-14)18(20-3)16-5-4-6-17(19)12-16/h4-10,12-13,18,20H,11H2,1-3H3. The zero-order valence-electron chi connectivity index (χ0n) is 12.4. The summed E-state index contributed by atoms with van der Waals surface area (Å²) in [4.78, 5) is 0. The zero-order chi connectivity index (χ0) is 14.5. The fourth-order valence-electron chi connectivity index (χ4n) is 2.53. The third kappa shape index (κ3) is 3.84. The second kappa shape index (κ2) is 6.92. The summed E-state index contributed by atoms with van der Waals surface area (Å²) in [5.74, 6) is 0.689. The molecule has 0 aliphatic rings. The van der Waals surface area contributed by atoms with Gasteiger partial charge in [0.25, 0.3) is 0 Å². The molecule has 106 valence electrons. The van der Waals surface area contributed by atoms with Crippen LogP contribution in [0.1, 0.15) is 36.6 Å². The van der Waals surface area contributed by atoms with E-state index in [1.54, 1.807) is 0 Å². The number of hydrogen-bond donors (Lipinski definition) is 1. The summed E-state index contributed by atoms with van der Waals surface area (Å²) < 4.78 is 0. The molecule has 0 amide bonds. The highest BCUT2D eigenvalue weighted by Gasteiger charge is 2.12. The minimum absolute atomic E-state index is 0.182. The smallest absolute Gasteiger partial charge is 0.0574 e. The van der Waals surface area contributed by atoms with Crippen molar-refractivity contribution in [3.63, 3.8) is 0 Å². The number of rotatable bonds is 5. The molecular weight excluding hydrogens is 266 g/mol. The highest BCUT2D eigenvalue weighted by molar-refractivity contribution is 6.30. The second-order valence-corrected chi connectivity index (χ2v) is 6.05. The molecule has 0 aliphatic carbocycles. The van der Waals surface area contributed by atoms with E-state index in [1.165, 1.54) is 16.7 Å². The van der Waals surface area contributed by atoms with Crippen molar-refractivity contribution in [2.45, 2.75) is 26.3 Å². The van der Waals surface area contributed by atoms with E-state index in [2.05, 4.69) is 49.5 Å². The van der Waals surface area contributed by atoms with Crippen molar-refractivity contribution in [2.75, 3.05) is 7.05 Å². The molecule has 1 nitrogen and oxygen atoms in total. The maximum Gasteiger partial charge on any atom is 0.0574 e. The van der Waals surface area contributed by atoms with Gasteiger partial charge in [-0.2, -0.15) is 0 Å². The lowest BCUT2D eigenvalue weighted by atomic mass is 9.96. The van der Waals surface area contributed by atoms with Gasteiger partial charge in [0, 0.05) is 5.02 Å². The van der Waals surface area contributed by atoms with Crippen molar-refractivity contribution in [1.82, 2.24) is 5.32 Å². The lowest BCUT2D eigenvalue weighted by Gasteiger charge is -2.18. The molecule has 2 rings (SSSR count). The van der Waals surface area contributed by atoms with Gasteiger partial charge in [0.2, 0.25) is 0 Å². The summed E-state index contributed by atoms with van der Waals surface area (Å²) in [5, 5.41) is 4.14. The van der Waals surface area contributed by atoms with Crippen LogP contribution in [-0.2, 0) is 6.42 Å². The van der Waals surface area contributed by atoms with Gasteiger partial charge in [-0.3, -0.25) is 0 Å². The quantitative estimate of drug-likeness (QED) is 0.829. The Morgan fingerprint density at radius 2 is 1.70 bits per heavy atom. The van der Waals surface area contributed by atoms with Crippen LogP contribution in [0.3, 0.4) is 0 Å². The van der Waals surface area contributed by atoms with Gasteiger partial charge in [0.05, 0.1) is 6.04 Å². The van der Waals surface area contributed by atoms with Crippen LogP contribution in [-0.4, -0.2) is 7.05 Å². The molecule has 0 heterocycles. The Bertz CT molecular complexity index is 546. The Hall–Kier alpha value is -1.31. The van der Waals surface area contributed by atoms with E-state index in [0.717, 1.165) is 11.4 Å². The predicted molar refractivity (Wildman–Crippen MR) is 87.3 cm³/mol. The first kappa shape index (κ1) is 15.1. The van der Waals surface area contributed by atoms with Gasteiger partial charge in [0.1, 0.15) is 0 Å². The molecule has 0 aromatic heterocycles. The molecule has 0 radical (unpaired) electrons. The number of hydrogen-bond acceptors (Lipinski definition) is 1. The average molecular weight is 288 g/mol. The van der Waals surface area contributed by atoms with Gasteiger partial charge in [-0.25, -0.2) is 0 Å². The van der Waals surface area contributed by atoms with E-state index in [1.807, 2.05) is 25.2 Å². The first-order chi connectivity index (χ1) is 9.60. The minimum Gasteiger partial charge on any atom is -0.309 e. The number of benzene rings is 2. The summed E-state index contributed by atoms with van der Waals surface area (Å²) in [7, 11) is 1.98. The number of nitrogens with one attached hydrogen (secondary N) is 1. The van der Waals surface area contributed by atoms with Crippen LogP contribution in [0.2, 0.25) is 5.02 Å². The Morgan fingerprint density at radius 3 is 2.25 bits per heavy atom. The highest BCUT2D eigenvalue weighted by Crippen LogP contribution is 2.24. The molecule has 2 heteroatoms. The molecule has 2 aromatic rings. The lowest BCUT2D eigenvalue weighted by molar-refractivity contribution is 0.645. The summed E-state index contributed by atoms with van der Waals surface area (Å²) in [6, 6.07) is 17.1. The molecule has 0 aliphatic heterocycles. The molecule has 1 atom stereocenters. The topological polar surface area (TPSA) is 12.0 Å². The number of halogens is 1. The molecule has 2 aromatic carbocycles. The van der Waals surface area contributed by atoms with Gasteiger partial charge in [-0.1, -0.05) is 61.8 Å². The molecule has 0 saturated heterocycles. The van der Waals surface area contributed by atoms with Gasteiger partial charge < -0.3 is 5.32 Å². The van der Waals surface area contributed by atoms with Crippen molar-refractivity contribution in [3.05, 3.63) is 70.2 Å². The van der Waals surface area contributed by atoms with E-state index in [9.17, 15) is 0 Å². The molecular formula is C18H22ClN. The Morgan fingerprint density at radius 1 is 1.00 bits per heavy atom. The Kier molecular flexibility index (Phi) is 5.22. The Labute approximate surface area is 127 Å². The maximum atomic E-state index is 6.09. The summed E-state index contributed by atoms with van der Waals surface area (Å²) in [6.07, 6.45) is 1.13. The second-order valence-electron chi connectivity index (χ2n) is 5.62. The molecule has 20 heavy (non-hydrogen) atoms. The molecule has 0 bridgehead atoms. The molecule has 0 saturated carbocycles. The largest absolute Gasteiger partial charge is 0.309 e. The zero-order valence-corrected chi connectivity index (χ0v) is 13.1. The average Bonchev–Trinajstić information content (AvgIpc) is 2.41. The monoisotopic (exact) mass is 287 g/mol. The van der Waals surface area contributed by atoms with Crippen LogP contribution < -0.4 is 5.32 Å². The fourth-order valence-corrected chi connectivity index (χ4v) is 2.73. The third-order valence-corrected chi connectivity index (χ3v) is 3.66. The SMILES string of the molecule is CNC(c1ccc(CC(C)C)cc1)c1cccc(Cl)c1. The molecule has 0 spiro atoms. The van der Waals surface area contributed by atoms with E-state index in [4.69, 9.17) is 11.6 Å². The third-order valence-electron chi connectivity index (χ3n) is 3.43. The van der Waals surface area contributed by atoms with E-state index in [0.29, 0.717) is 5.92 Å². The van der Waals surface area contributed by atoms with Crippen LogP contribution in [0.15, 0.2) is 48.5 Å². The summed E-state index contributed by atoms with van der Waals surface area (Å²) in [5.41, 5.74) is 3.85. The first-order valence-electron chi connectivity index (χ1n) is 7.11. The normalized spacial score (nSPS) is 12.7. The summed E-state index contributed by atoms with van der Waals surface area (Å²) >= 11 is 6.09. The highest BCUT2D eigenvalue weighted by atomic mass is 35.5. The predicted octanol–water partition coefficient (Wildman–Crippen LogP) is 4.85. The molecule has 0 fully saturated rings. The van der Waals surface area contributed by atoms with Gasteiger partial charge in [-0.05, 0) is 48.2 Å². The van der Waals surface area contributed by atoms with Crippen molar-refractivity contribution in [1.29, 1.82) is 0 Å². The van der Waals surface area contributed by atoms with Crippen molar-refractivity contribution < 1.29 is 0 Å². The first-order valence-corrected chi connectivity index (χ1v) is 7.49. The van der Waals surface area contributed by atoms with Crippen molar-refractivity contribution >= 4 is 11.6 Å². The summed E-state index contributed by atoms with van der Waals surface area (Å²) in [6.45, 7) is 4.49. The minimum atomic E-state index is 0.182. The Balaban J connectivity index is 2.23. The van der Waals surface area contributed by atoms with Gasteiger partial charge in [0.15, 0.2) is 0 Å². The van der Waals surface area contributed by atoms with Crippen molar-refractivity contribution in [2.24, 2.45) is 5.92 Å². The molecule has 1 N–H and O–H groups in total. The fraction of sp³-hybridized carbons (Fsp3) is 0.333. The molecule has 1 unspecified atom stereocenters. The van der Waals surface area contributed by atoms with E-state index < -0.39 is 0 Å². The van der Waals surface area contributed by atoms with Crippen molar-refractivity contribution in [3.8, 4) is 0 Å². The van der Waals surface area contributed by atoms with Crippen LogP contribution in [0.5, 0.6) is 0 Å². The maximum absolute atomic E-state index is 6.09. The van der Waals surface area contributed by atoms with Gasteiger partial charge in [-0.15, -0.1) is 0 Å². The van der Waals surface area contributed by atoms with Gasteiger partial charge >= 0.3 is 0 Å².